The number of hydrogen-bond donors (Lipinski definition) is 2. The lowest BCUT2D eigenvalue weighted by Gasteiger charge is -2.11. The first-order valence-electron chi connectivity index (χ1n) is 5.97. The number of carbonyl (C=O) groups is 1. The fourth-order valence-electron chi connectivity index (χ4n) is 1.98. The van der Waals surface area contributed by atoms with Crippen LogP contribution in [-0.4, -0.2) is 28.2 Å². The molecule has 2 unspecified atom stereocenters. The van der Waals surface area contributed by atoms with Crippen LogP contribution in [0.15, 0.2) is 18.2 Å². The van der Waals surface area contributed by atoms with E-state index >= 15 is 0 Å². The number of carbonyl (C=O) groups excluding carboxylic acids is 1. The van der Waals surface area contributed by atoms with Gasteiger partial charge in [0.25, 0.3) is 5.91 Å². The zero-order valence-electron chi connectivity index (χ0n) is 11.1. The fraction of sp³-hybridized carbons (Fsp3) is 0.308. The predicted molar refractivity (Wildman–Crippen MR) is 87.1 cm³/mol. The van der Waals surface area contributed by atoms with Crippen LogP contribution in [-0.2, 0) is 10.8 Å². The second-order valence-electron chi connectivity index (χ2n) is 4.57. The average Bonchev–Trinajstić information content (AvgIpc) is 2.67. The van der Waals surface area contributed by atoms with Crippen molar-refractivity contribution in [3.63, 3.8) is 0 Å². The Morgan fingerprint density at radius 1 is 1.55 bits per heavy atom. The monoisotopic (exact) mass is 330 g/mol. The minimum Gasteiger partial charge on any atom is -0.397 e. The normalized spacial score (nSPS) is 14.2. The highest BCUT2D eigenvalue weighted by molar-refractivity contribution is 7.84. The number of rotatable bonds is 4. The molecule has 0 bridgehead atoms. The predicted octanol–water partition coefficient (Wildman–Crippen LogP) is 2.63. The Labute approximate surface area is 128 Å². The summed E-state index contributed by atoms with van der Waals surface area (Å²) in [5.41, 5.74) is 6.42. The van der Waals surface area contributed by atoms with Gasteiger partial charge in [0, 0.05) is 38.9 Å². The van der Waals surface area contributed by atoms with Gasteiger partial charge in [-0.15, -0.1) is 11.3 Å². The quantitative estimate of drug-likeness (QED) is 0.905. The molecular weight excluding hydrogens is 316 g/mol. The number of nitrogens with one attached hydrogen (secondary N) is 1. The van der Waals surface area contributed by atoms with Crippen LogP contribution in [0.1, 0.15) is 16.6 Å². The van der Waals surface area contributed by atoms with Crippen LogP contribution < -0.4 is 11.1 Å². The van der Waals surface area contributed by atoms with E-state index in [4.69, 9.17) is 17.3 Å². The Bertz CT molecular complexity index is 684. The maximum absolute atomic E-state index is 12.2. The lowest BCUT2D eigenvalue weighted by atomic mass is 10.2. The van der Waals surface area contributed by atoms with Gasteiger partial charge in [-0.2, -0.15) is 0 Å². The lowest BCUT2D eigenvalue weighted by molar-refractivity contribution is 0.0948. The summed E-state index contributed by atoms with van der Waals surface area (Å²) in [6.07, 6.45) is 1.61. The van der Waals surface area contributed by atoms with E-state index in [1.807, 2.05) is 19.1 Å². The Morgan fingerprint density at radius 2 is 2.25 bits per heavy atom. The van der Waals surface area contributed by atoms with E-state index in [1.165, 1.54) is 11.3 Å². The average molecular weight is 331 g/mol. The molecule has 1 aromatic carbocycles. The number of thiophene rings is 1. The number of nitrogens with two attached hydrogens (primary N) is 1. The van der Waals surface area contributed by atoms with Crippen LogP contribution in [0, 0.1) is 0 Å². The molecule has 108 valence electrons. The zero-order chi connectivity index (χ0) is 14.9. The summed E-state index contributed by atoms with van der Waals surface area (Å²) >= 11 is 7.42. The van der Waals surface area contributed by atoms with Crippen LogP contribution >= 0.6 is 22.9 Å². The van der Waals surface area contributed by atoms with Crippen molar-refractivity contribution in [2.45, 2.75) is 13.0 Å². The molecule has 2 atom stereocenters. The molecule has 2 aromatic rings. The lowest BCUT2D eigenvalue weighted by Crippen LogP contribution is -2.36. The molecular formula is C13H15ClN2O2S2. The summed E-state index contributed by atoms with van der Waals surface area (Å²) in [5, 5.41) is 4.06. The highest BCUT2D eigenvalue weighted by Crippen LogP contribution is 2.37. The number of benzene rings is 1. The van der Waals surface area contributed by atoms with Gasteiger partial charge in [0.2, 0.25) is 0 Å². The Hall–Kier alpha value is -1.11. The third-order valence-electron chi connectivity index (χ3n) is 2.77. The van der Waals surface area contributed by atoms with Gasteiger partial charge in [0.1, 0.15) is 4.88 Å². The molecule has 4 nitrogen and oxygen atoms in total. The van der Waals surface area contributed by atoms with Gasteiger partial charge in [-0.25, -0.2) is 0 Å². The van der Waals surface area contributed by atoms with Crippen molar-refractivity contribution in [1.82, 2.24) is 5.32 Å². The summed E-state index contributed by atoms with van der Waals surface area (Å²) in [6.45, 7) is 1.82. The van der Waals surface area contributed by atoms with Gasteiger partial charge >= 0.3 is 0 Å². The van der Waals surface area contributed by atoms with Crippen molar-refractivity contribution in [2.75, 3.05) is 17.7 Å². The Kier molecular flexibility index (Phi) is 4.67. The van der Waals surface area contributed by atoms with Gasteiger partial charge in [0.15, 0.2) is 0 Å². The van der Waals surface area contributed by atoms with Crippen molar-refractivity contribution in [1.29, 1.82) is 0 Å². The van der Waals surface area contributed by atoms with Crippen molar-refractivity contribution < 1.29 is 9.00 Å². The molecule has 0 radical (unpaired) electrons. The van der Waals surface area contributed by atoms with Crippen molar-refractivity contribution in [3.05, 3.63) is 28.1 Å². The molecule has 1 aromatic heterocycles. The van der Waals surface area contributed by atoms with Crippen LogP contribution in [0.2, 0.25) is 5.02 Å². The molecule has 20 heavy (non-hydrogen) atoms. The summed E-state index contributed by atoms with van der Waals surface area (Å²) in [4.78, 5) is 12.7. The Morgan fingerprint density at radius 3 is 2.85 bits per heavy atom. The number of halogens is 1. The fourth-order valence-corrected chi connectivity index (χ4v) is 4.15. The van der Waals surface area contributed by atoms with E-state index in [0.717, 1.165) is 10.1 Å². The molecule has 0 spiro atoms. The largest absolute Gasteiger partial charge is 0.397 e. The molecule has 1 amide bonds. The van der Waals surface area contributed by atoms with E-state index in [0.29, 0.717) is 21.3 Å². The minimum atomic E-state index is -0.956. The zero-order valence-corrected chi connectivity index (χ0v) is 13.5. The molecule has 2 rings (SSSR count). The summed E-state index contributed by atoms with van der Waals surface area (Å²) in [6, 6.07) is 5.28. The maximum atomic E-state index is 12.2. The topological polar surface area (TPSA) is 72.2 Å². The highest BCUT2D eigenvalue weighted by atomic mass is 35.5. The summed E-state index contributed by atoms with van der Waals surface area (Å²) in [5.74, 6) is 0.162. The SMILES string of the molecule is CC(CS(C)=O)NC(=O)c1sc2cccc(Cl)c2c1N. The second-order valence-corrected chi connectivity index (χ2v) is 7.51. The van der Waals surface area contributed by atoms with Gasteiger partial charge in [-0.05, 0) is 19.1 Å². The van der Waals surface area contributed by atoms with E-state index in [-0.39, 0.29) is 11.9 Å². The van der Waals surface area contributed by atoms with Crippen LogP contribution in [0.4, 0.5) is 5.69 Å². The van der Waals surface area contributed by atoms with Crippen LogP contribution in [0.25, 0.3) is 10.1 Å². The third-order valence-corrected chi connectivity index (χ3v) is 5.22. The molecule has 0 aliphatic rings. The molecule has 7 heteroatoms. The van der Waals surface area contributed by atoms with E-state index in [1.54, 1.807) is 12.3 Å². The van der Waals surface area contributed by atoms with Gasteiger partial charge in [0.05, 0.1) is 10.7 Å². The number of fused-ring (bicyclic) bond motifs is 1. The van der Waals surface area contributed by atoms with E-state index < -0.39 is 10.8 Å². The number of amides is 1. The van der Waals surface area contributed by atoms with E-state index in [2.05, 4.69) is 5.32 Å². The first-order valence-corrected chi connectivity index (χ1v) is 8.89. The van der Waals surface area contributed by atoms with Gasteiger partial charge in [-0.1, -0.05) is 17.7 Å². The molecule has 3 N–H and O–H groups in total. The summed E-state index contributed by atoms with van der Waals surface area (Å²) in [7, 11) is -0.956. The molecule has 0 aliphatic heterocycles. The number of nitrogen functional groups attached to an aromatic ring is 1. The molecule has 0 saturated carbocycles. The first kappa shape index (κ1) is 15.3. The van der Waals surface area contributed by atoms with Crippen LogP contribution in [0.3, 0.4) is 0 Å². The maximum Gasteiger partial charge on any atom is 0.263 e. The van der Waals surface area contributed by atoms with Crippen molar-refractivity contribution in [2.24, 2.45) is 0 Å². The van der Waals surface area contributed by atoms with Crippen molar-refractivity contribution >= 4 is 55.4 Å². The molecule has 0 saturated heterocycles. The third kappa shape index (κ3) is 3.13. The van der Waals surface area contributed by atoms with Gasteiger partial charge < -0.3 is 11.1 Å². The molecule has 1 heterocycles. The number of hydrogen-bond acceptors (Lipinski definition) is 4. The standard InChI is InChI=1S/C13H15ClN2O2S2/c1-7(6-20(2)18)16-13(17)12-11(15)10-8(14)4-3-5-9(10)19-12/h3-5,7H,6,15H2,1-2H3,(H,16,17). The highest BCUT2D eigenvalue weighted by Gasteiger charge is 2.19. The van der Waals surface area contributed by atoms with E-state index in [9.17, 15) is 9.00 Å². The smallest absolute Gasteiger partial charge is 0.263 e. The van der Waals surface area contributed by atoms with Crippen LogP contribution in [0.5, 0.6) is 0 Å². The second kappa shape index (κ2) is 6.11. The summed E-state index contributed by atoms with van der Waals surface area (Å²) < 4.78 is 12.0. The molecule has 0 aliphatic carbocycles. The minimum absolute atomic E-state index is 0.173. The van der Waals surface area contributed by atoms with Gasteiger partial charge in [-0.3, -0.25) is 9.00 Å². The van der Waals surface area contributed by atoms with Crippen molar-refractivity contribution in [3.8, 4) is 0 Å². The first-order chi connectivity index (χ1) is 9.40. The number of anilines is 1. The Balaban J connectivity index is 2.29. The molecule has 0 fully saturated rings.